The molecule has 0 aromatic rings. The van der Waals surface area contributed by atoms with Gasteiger partial charge in [-0.25, -0.2) is 0 Å². The Balaban J connectivity index is 2.36. The van der Waals surface area contributed by atoms with Gasteiger partial charge in [0.2, 0.25) is 0 Å². The summed E-state index contributed by atoms with van der Waals surface area (Å²) < 4.78 is 0. The highest BCUT2D eigenvalue weighted by Gasteiger charge is 2.16. The third-order valence-corrected chi connectivity index (χ3v) is 2.17. The molecule has 1 N–H and O–H groups in total. The summed E-state index contributed by atoms with van der Waals surface area (Å²) in [6.07, 6.45) is 4.70. The third kappa shape index (κ3) is 1.53. The lowest BCUT2D eigenvalue weighted by molar-refractivity contribution is 0.454. The smallest absolute Gasteiger partial charge is 0.0316 e. The van der Waals surface area contributed by atoms with Crippen molar-refractivity contribution in [3.8, 4) is 0 Å². The molecular weight excluding hydrogens is 122 g/mol. The minimum absolute atomic E-state index is 0.704. The molecule has 1 atom stereocenters. The first-order valence-corrected chi connectivity index (χ1v) is 4.19. The van der Waals surface area contributed by atoms with E-state index in [1.807, 2.05) is 0 Å². The number of rotatable bonds is 2. The van der Waals surface area contributed by atoms with Crippen LogP contribution in [0.15, 0.2) is 11.8 Å². The zero-order valence-electron chi connectivity index (χ0n) is 7.15. The van der Waals surface area contributed by atoms with E-state index in [9.17, 15) is 0 Å². The molecule has 0 aliphatic carbocycles. The molecule has 0 spiro atoms. The molecule has 0 radical (unpaired) electrons. The Labute approximate surface area is 63.5 Å². The summed E-state index contributed by atoms with van der Waals surface area (Å²) in [7, 11) is 0. The molecule has 1 heterocycles. The van der Waals surface area contributed by atoms with Crippen LogP contribution in [0.2, 0.25) is 0 Å². The fourth-order valence-corrected chi connectivity index (χ4v) is 1.31. The van der Waals surface area contributed by atoms with Crippen LogP contribution in [0.25, 0.3) is 0 Å². The van der Waals surface area contributed by atoms with Crippen molar-refractivity contribution < 1.29 is 0 Å². The van der Waals surface area contributed by atoms with Crippen LogP contribution in [-0.4, -0.2) is 6.04 Å². The molecule has 0 saturated carbocycles. The van der Waals surface area contributed by atoms with Gasteiger partial charge in [-0.3, -0.25) is 0 Å². The van der Waals surface area contributed by atoms with Crippen LogP contribution in [0.3, 0.4) is 0 Å². The molecule has 10 heavy (non-hydrogen) atoms. The predicted molar refractivity (Wildman–Crippen MR) is 44.8 cm³/mol. The third-order valence-electron chi connectivity index (χ3n) is 2.17. The lowest BCUT2D eigenvalue weighted by Gasteiger charge is -2.16. The number of hydrogen-bond acceptors (Lipinski definition) is 1. The molecule has 58 valence electrons. The Kier molecular flexibility index (Phi) is 2.36. The van der Waals surface area contributed by atoms with Crippen LogP contribution in [0, 0.1) is 5.92 Å². The Morgan fingerprint density at radius 3 is 2.70 bits per heavy atom. The lowest BCUT2D eigenvalue weighted by atomic mass is 10.0. The Bertz CT molecular complexity index is 136. The summed E-state index contributed by atoms with van der Waals surface area (Å²) in [6, 6.07) is 0.704. The average molecular weight is 139 g/mol. The minimum Gasteiger partial charge on any atom is -0.385 e. The first-order chi connectivity index (χ1) is 4.74. The van der Waals surface area contributed by atoms with Gasteiger partial charge in [0.05, 0.1) is 0 Å². The van der Waals surface area contributed by atoms with Crippen molar-refractivity contribution in [3.63, 3.8) is 0 Å². The zero-order valence-corrected chi connectivity index (χ0v) is 7.15. The molecule has 1 unspecified atom stereocenters. The van der Waals surface area contributed by atoms with Crippen LogP contribution < -0.4 is 5.32 Å². The second kappa shape index (κ2) is 3.09. The molecule has 0 aromatic heterocycles. The van der Waals surface area contributed by atoms with Gasteiger partial charge in [0.15, 0.2) is 0 Å². The number of allylic oxidation sites excluding steroid dienone is 1. The summed E-state index contributed by atoms with van der Waals surface area (Å²) in [5.74, 6) is 0.764. The maximum absolute atomic E-state index is 3.50. The van der Waals surface area contributed by atoms with Gasteiger partial charge >= 0.3 is 0 Å². The molecule has 0 amide bonds. The van der Waals surface area contributed by atoms with Crippen molar-refractivity contribution >= 4 is 0 Å². The van der Waals surface area contributed by atoms with Gasteiger partial charge in [-0.15, -0.1) is 0 Å². The molecular formula is C9H17N. The molecule has 1 nitrogen and oxygen atoms in total. The minimum atomic E-state index is 0.704. The topological polar surface area (TPSA) is 12.0 Å². The van der Waals surface area contributed by atoms with Gasteiger partial charge in [-0.1, -0.05) is 26.8 Å². The normalized spacial score (nSPS) is 24.8. The number of nitrogens with one attached hydrogen (secondary N) is 1. The van der Waals surface area contributed by atoms with Crippen LogP contribution in [0.1, 0.15) is 33.6 Å². The van der Waals surface area contributed by atoms with Gasteiger partial charge < -0.3 is 5.32 Å². The Morgan fingerprint density at radius 1 is 1.70 bits per heavy atom. The van der Waals surface area contributed by atoms with Gasteiger partial charge in [-0.05, 0) is 18.8 Å². The van der Waals surface area contributed by atoms with Gasteiger partial charge in [-0.2, -0.15) is 0 Å². The monoisotopic (exact) mass is 139 g/mol. The summed E-state index contributed by atoms with van der Waals surface area (Å²) >= 11 is 0. The van der Waals surface area contributed by atoms with E-state index in [4.69, 9.17) is 0 Å². The Hall–Kier alpha value is -0.460. The van der Waals surface area contributed by atoms with Crippen molar-refractivity contribution in [3.05, 3.63) is 11.8 Å². The maximum Gasteiger partial charge on any atom is 0.0316 e. The summed E-state index contributed by atoms with van der Waals surface area (Å²) in [5, 5.41) is 3.50. The van der Waals surface area contributed by atoms with E-state index in [0.717, 1.165) is 12.3 Å². The second-order valence-corrected chi connectivity index (χ2v) is 3.31. The SMILES string of the molecule is CCC1=CCC(C(C)C)N1. The molecule has 0 fully saturated rings. The molecule has 1 aliphatic heterocycles. The lowest BCUT2D eigenvalue weighted by Crippen LogP contribution is -2.27. The largest absolute Gasteiger partial charge is 0.385 e. The molecule has 1 aliphatic rings. The Morgan fingerprint density at radius 2 is 2.40 bits per heavy atom. The summed E-state index contributed by atoms with van der Waals surface area (Å²) in [5.41, 5.74) is 1.43. The maximum atomic E-state index is 3.50. The molecule has 0 bridgehead atoms. The van der Waals surface area contributed by atoms with E-state index in [1.165, 1.54) is 12.1 Å². The van der Waals surface area contributed by atoms with E-state index in [2.05, 4.69) is 32.2 Å². The van der Waals surface area contributed by atoms with Crippen molar-refractivity contribution in [2.75, 3.05) is 0 Å². The van der Waals surface area contributed by atoms with Crippen LogP contribution in [-0.2, 0) is 0 Å². The zero-order chi connectivity index (χ0) is 7.56. The van der Waals surface area contributed by atoms with Crippen molar-refractivity contribution in [1.29, 1.82) is 0 Å². The molecule has 0 aromatic carbocycles. The molecule has 1 heteroatoms. The van der Waals surface area contributed by atoms with Crippen molar-refractivity contribution in [2.24, 2.45) is 5.92 Å². The van der Waals surface area contributed by atoms with Crippen LogP contribution >= 0.6 is 0 Å². The van der Waals surface area contributed by atoms with Gasteiger partial charge in [0.25, 0.3) is 0 Å². The van der Waals surface area contributed by atoms with Gasteiger partial charge in [0, 0.05) is 11.7 Å². The number of hydrogen-bond donors (Lipinski definition) is 1. The fraction of sp³-hybridized carbons (Fsp3) is 0.778. The average Bonchev–Trinajstić information content (AvgIpc) is 2.34. The van der Waals surface area contributed by atoms with E-state index >= 15 is 0 Å². The predicted octanol–water partition coefficient (Wildman–Crippen LogP) is 2.30. The van der Waals surface area contributed by atoms with E-state index in [-0.39, 0.29) is 0 Å². The first kappa shape index (κ1) is 7.64. The van der Waals surface area contributed by atoms with Crippen molar-refractivity contribution in [2.45, 2.75) is 39.7 Å². The van der Waals surface area contributed by atoms with Crippen LogP contribution in [0.4, 0.5) is 0 Å². The quantitative estimate of drug-likeness (QED) is 0.619. The van der Waals surface area contributed by atoms with E-state index in [1.54, 1.807) is 0 Å². The highest BCUT2D eigenvalue weighted by molar-refractivity contribution is 5.09. The molecule has 0 saturated heterocycles. The first-order valence-electron chi connectivity index (χ1n) is 4.19. The highest BCUT2D eigenvalue weighted by atomic mass is 14.9. The molecule has 1 rings (SSSR count). The van der Waals surface area contributed by atoms with Gasteiger partial charge in [0.1, 0.15) is 0 Å². The van der Waals surface area contributed by atoms with E-state index < -0.39 is 0 Å². The standard InChI is InChI=1S/C9H17N/c1-4-8-5-6-9(10-8)7(2)3/h5,7,9-10H,4,6H2,1-3H3. The van der Waals surface area contributed by atoms with Crippen molar-refractivity contribution in [1.82, 2.24) is 5.32 Å². The second-order valence-electron chi connectivity index (χ2n) is 3.31. The summed E-state index contributed by atoms with van der Waals surface area (Å²) in [6.45, 7) is 6.73. The summed E-state index contributed by atoms with van der Waals surface area (Å²) in [4.78, 5) is 0. The van der Waals surface area contributed by atoms with Crippen LogP contribution in [0.5, 0.6) is 0 Å². The highest BCUT2D eigenvalue weighted by Crippen LogP contribution is 2.17. The van der Waals surface area contributed by atoms with E-state index in [0.29, 0.717) is 6.04 Å². The fourth-order valence-electron chi connectivity index (χ4n) is 1.31.